The zero-order chi connectivity index (χ0) is 8.97. The quantitative estimate of drug-likeness (QED) is 0.734. The Labute approximate surface area is 80.0 Å². The molecule has 0 saturated carbocycles. The van der Waals surface area contributed by atoms with E-state index >= 15 is 0 Å². The molecule has 12 heavy (non-hydrogen) atoms. The first-order valence-electron chi connectivity index (χ1n) is 3.54. The highest BCUT2D eigenvalue weighted by Gasteiger charge is 2.00. The van der Waals surface area contributed by atoms with Crippen LogP contribution in [0.1, 0.15) is 6.92 Å². The molecule has 0 amide bonds. The van der Waals surface area contributed by atoms with Gasteiger partial charge in [-0.15, -0.1) is 5.10 Å². The van der Waals surface area contributed by atoms with Crippen molar-refractivity contribution in [3.05, 3.63) is 3.95 Å². The molecule has 2 N–H and O–H groups in total. The summed E-state index contributed by atoms with van der Waals surface area (Å²) in [6.07, 6.45) is 0.183. The minimum atomic E-state index is 0.183. The van der Waals surface area contributed by atoms with E-state index in [9.17, 15) is 0 Å². The zero-order valence-electron chi connectivity index (χ0n) is 6.96. The number of ether oxygens (including phenoxy) is 1. The lowest BCUT2D eigenvalue weighted by Crippen LogP contribution is -2.17. The summed E-state index contributed by atoms with van der Waals surface area (Å²) in [6, 6.07) is 0. The summed E-state index contributed by atoms with van der Waals surface area (Å²) in [4.78, 5) is 0. The van der Waals surface area contributed by atoms with Gasteiger partial charge in [-0.05, 0) is 19.1 Å². The van der Waals surface area contributed by atoms with E-state index in [1.54, 1.807) is 7.11 Å². The molecule has 1 aromatic rings. The number of aromatic amines is 1. The molecule has 4 nitrogen and oxygen atoms in total. The summed E-state index contributed by atoms with van der Waals surface area (Å²) < 4.78 is 5.74. The van der Waals surface area contributed by atoms with Crippen LogP contribution in [0.25, 0.3) is 0 Å². The molecule has 1 heterocycles. The van der Waals surface area contributed by atoms with Crippen LogP contribution in [0.4, 0.5) is 5.13 Å². The Morgan fingerprint density at radius 1 is 1.83 bits per heavy atom. The van der Waals surface area contributed by atoms with E-state index in [0.29, 0.717) is 3.95 Å². The molecule has 1 aromatic heterocycles. The number of hydrogen-bond donors (Lipinski definition) is 2. The summed E-state index contributed by atoms with van der Waals surface area (Å²) >= 11 is 6.29. The van der Waals surface area contributed by atoms with Gasteiger partial charge in [0.2, 0.25) is 5.13 Å². The second-order valence-electron chi connectivity index (χ2n) is 2.35. The fourth-order valence-corrected chi connectivity index (χ4v) is 1.42. The van der Waals surface area contributed by atoms with Crippen molar-refractivity contribution >= 4 is 28.7 Å². The van der Waals surface area contributed by atoms with Gasteiger partial charge in [0.15, 0.2) is 3.95 Å². The van der Waals surface area contributed by atoms with Gasteiger partial charge >= 0.3 is 0 Å². The van der Waals surface area contributed by atoms with Crippen LogP contribution in [-0.4, -0.2) is 30.0 Å². The molecule has 0 aliphatic heterocycles. The Hall–Kier alpha value is -0.460. The van der Waals surface area contributed by atoms with Crippen molar-refractivity contribution in [2.45, 2.75) is 13.0 Å². The van der Waals surface area contributed by atoms with E-state index in [-0.39, 0.29) is 6.10 Å². The molecule has 0 aromatic carbocycles. The van der Waals surface area contributed by atoms with E-state index in [1.165, 1.54) is 11.3 Å². The fourth-order valence-electron chi connectivity index (χ4n) is 0.620. The number of methoxy groups -OCH3 is 1. The Morgan fingerprint density at radius 2 is 2.58 bits per heavy atom. The number of rotatable bonds is 4. The molecule has 1 rings (SSSR count). The van der Waals surface area contributed by atoms with E-state index < -0.39 is 0 Å². The van der Waals surface area contributed by atoms with Gasteiger partial charge in [0, 0.05) is 13.7 Å². The predicted molar refractivity (Wildman–Crippen MR) is 52.3 cm³/mol. The smallest absolute Gasteiger partial charge is 0.204 e. The Balaban J connectivity index is 2.38. The van der Waals surface area contributed by atoms with Gasteiger partial charge in [-0.3, -0.25) is 5.10 Å². The lowest BCUT2D eigenvalue weighted by atomic mass is 10.4. The van der Waals surface area contributed by atoms with Crippen LogP contribution < -0.4 is 5.32 Å². The molecule has 0 radical (unpaired) electrons. The summed E-state index contributed by atoms with van der Waals surface area (Å²) in [5, 5.41) is 10.5. The van der Waals surface area contributed by atoms with E-state index in [2.05, 4.69) is 15.5 Å². The van der Waals surface area contributed by atoms with Crippen molar-refractivity contribution in [3.63, 3.8) is 0 Å². The molecular weight excluding hydrogens is 194 g/mol. The van der Waals surface area contributed by atoms with Crippen molar-refractivity contribution in [1.29, 1.82) is 0 Å². The SMILES string of the molecule is COC(C)CNc1n[nH]c(=S)s1. The Bertz CT molecular complexity index is 282. The molecule has 0 spiro atoms. The maximum absolute atomic E-state index is 5.06. The Kier molecular flexibility index (Phi) is 3.64. The number of nitrogens with zero attached hydrogens (tertiary/aromatic N) is 1. The number of anilines is 1. The first-order chi connectivity index (χ1) is 5.72. The van der Waals surface area contributed by atoms with Gasteiger partial charge < -0.3 is 10.1 Å². The highest BCUT2D eigenvalue weighted by atomic mass is 32.1. The highest BCUT2D eigenvalue weighted by Crippen LogP contribution is 2.10. The van der Waals surface area contributed by atoms with E-state index in [1.807, 2.05) is 6.92 Å². The summed E-state index contributed by atoms with van der Waals surface area (Å²) in [7, 11) is 1.68. The third-order valence-corrected chi connectivity index (χ3v) is 2.43. The summed E-state index contributed by atoms with van der Waals surface area (Å²) in [5.41, 5.74) is 0. The normalized spacial score (nSPS) is 12.8. The number of aromatic nitrogens is 2. The molecule has 1 atom stereocenters. The van der Waals surface area contributed by atoms with Crippen molar-refractivity contribution in [1.82, 2.24) is 10.2 Å². The van der Waals surface area contributed by atoms with Gasteiger partial charge in [0.1, 0.15) is 0 Å². The van der Waals surface area contributed by atoms with E-state index in [4.69, 9.17) is 17.0 Å². The molecule has 0 aliphatic carbocycles. The predicted octanol–water partition coefficient (Wildman–Crippen LogP) is 1.65. The number of hydrogen-bond acceptors (Lipinski definition) is 5. The molecule has 6 heteroatoms. The van der Waals surface area contributed by atoms with Crippen LogP contribution in [0, 0.1) is 3.95 Å². The largest absolute Gasteiger partial charge is 0.380 e. The molecule has 1 unspecified atom stereocenters. The van der Waals surface area contributed by atoms with Crippen molar-refractivity contribution in [2.75, 3.05) is 19.0 Å². The monoisotopic (exact) mass is 205 g/mol. The molecular formula is C6H11N3OS2. The highest BCUT2D eigenvalue weighted by molar-refractivity contribution is 7.73. The van der Waals surface area contributed by atoms with Gasteiger partial charge in [0.05, 0.1) is 6.10 Å². The third-order valence-electron chi connectivity index (χ3n) is 1.38. The minimum absolute atomic E-state index is 0.183. The summed E-state index contributed by atoms with van der Waals surface area (Å²) in [6.45, 7) is 2.73. The third kappa shape index (κ3) is 2.88. The molecule has 68 valence electrons. The van der Waals surface area contributed by atoms with Crippen LogP contribution >= 0.6 is 23.6 Å². The second kappa shape index (κ2) is 4.54. The minimum Gasteiger partial charge on any atom is -0.380 e. The zero-order valence-corrected chi connectivity index (χ0v) is 8.59. The average Bonchev–Trinajstić information content (AvgIpc) is 2.47. The topological polar surface area (TPSA) is 49.9 Å². The molecule has 0 aliphatic rings. The number of H-pyrrole nitrogens is 1. The van der Waals surface area contributed by atoms with Crippen LogP contribution in [0.2, 0.25) is 0 Å². The fraction of sp³-hybridized carbons (Fsp3) is 0.667. The standard InChI is InChI=1S/C6H11N3OS2/c1-4(10-2)3-7-5-8-9-6(11)12-5/h4H,3H2,1-2H3,(H,7,8)(H,9,11). The Morgan fingerprint density at radius 3 is 3.08 bits per heavy atom. The second-order valence-corrected chi connectivity index (χ2v) is 4.01. The molecule has 0 saturated heterocycles. The maximum Gasteiger partial charge on any atom is 0.204 e. The van der Waals surface area contributed by atoms with Crippen LogP contribution in [0.5, 0.6) is 0 Å². The van der Waals surface area contributed by atoms with Crippen molar-refractivity contribution in [2.24, 2.45) is 0 Å². The average molecular weight is 205 g/mol. The van der Waals surface area contributed by atoms with Crippen LogP contribution in [-0.2, 0) is 4.74 Å². The first kappa shape index (κ1) is 9.63. The van der Waals surface area contributed by atoms with Gasteiger partial charge in [-0.25, -0.2) is 0 Å². The number of nitrogens with one attached hydrogen (secondary N) is 2. The van der Waals surface area contributed by atoms with Gasteiger partial charge in [0.25, 0.3) is 0 Å². The summed E-state index contributed by atoms with van der Waals surface area (Å²) in [5.74, 6) is 0. The van der Waals surface area contributed by atoms with Crippen LogP contribution in [0.15, 0.2) is 0 Å². The molecule has 0 fully saturated rings. The van der Waals surface area contributed by atoms with Gasteiger partial charge in [-0.2, -0.15) is 0 Å². The lowest BCUT2D eigenvalue weighted by Gasteiger charge is -2.08. The van der Waals surface area contributed by atoms with Crippen molar-refractivity contribution < 1.29 is 4.74 Å². The molecule has 0 bridgehead atoms. The van der Waals surface area contributed by atoms with Crippen LogP contribution in [0.3, 0.4) is 0 Å². The van der Waals surface area contributed by atoms with E-state index in [0.717, 1.165) is 11.7 Å². The first-order valence-corrected chi connectivity index (χ1v) is 4.77. The van der Waals surface area contributed by atoms with Gasteiger partial charge in [-0.1, -0.05) is 11.3 Å². The maximum atomic E-state index is 5.06. The van der Waals surface area contributed by atoms with Crippen molar-refractivity contribution in [3.8, 4) is 0 Å². The lowest BCUT2D eigenvalue weighted by molar-refractivity contribution is 0.129.